The van der Waals surface area contributed by atoms with Crippen LogP contribution in [0.5, 0.6) is 0 Å². The second kappa shape index (κ2) is 6.20. The van der Waals surface area contributed by atoms with Crippen LogP contribution in [0, 0.1) is 5.41 Å². The molecule has 1 saturated heterocycles. The van der Waals surface area contributed by atoms with Gasteiger partial charge in [0.15, 0.2) is 0 Å². The van der Waals surface area contributed by atoms with Gasteiger partial charge in [-0.25, -0.2) is 4.79 Å². The molecule has 124 valence electrons. The van der Waals surface area contributed by atoms with Crippen LogP contribution in [0.3, 0.4) is 0 Å². The predicted octanol–water partition coefficient (Wildman–Crippen LogP) is 2.07. The molecule has 0 aromatic heterocycles. The molecule has 23 heavy (non-hydrogen) atoms. The van der Waals surface area contributed by atoms with Gasteiger partial charge in [-0.1, -0.05) is 24.8 Å². The van der Waals surface area contributed by atoms with Crippen LogP contribution in [-0.2, 0) is 14.3 Å². The molecule has 1 fully saturated rings. The van der Waals surface area contributed by atoms with Crippen molar-refractivity contribution < 1.29 is 19.1 Å². The van der Waals surface area contributed by atoms with Crippen LogP contribution in [0.15, 0.2) is 35.5 Å². The van der Waals surface area contributed by atoms with Crippen molar-refractivity contribution in [2.24, 2.45) is 5.41 Å². The Morgan fingerprint density at radius 3 is 2.52 bits per heavy atom. The summed E-state index contributed by atoms with van der Waals surface area (Å²) in [5, 5.41) is 0.207. The first-order valence-electron chi connectivity index (χ1n) is 7.21. The van der Waals surface area contributed by atoms with E-state index in [9.17, 15) is 14.4 Å². The Labute approximate surface area is 140 Å². The highest BCUT2D eigenvalue weighted by atomic mass is 35.5. The smallest absolute Gasteiger partial charge is 0.410 e. The average Bonchev–Trinajstić information content (AvgIpc) is 2.66. The lowest BCUT2D eigenvalue weighted by molar-refractivity contribution is -0.143. The Morgan fingerprint density at radius 2 is 2.09 bits per heavy atom. The van der Waals surface area contributed by atoms with E-state index in [1.807, 2.05) is 0 Å². The highest BCUT2D eigenvalue weighted by molar-refractivity contribution is 6.32. The van der Waals surface area contributed by atoms with E-state index >= 15 is 0 Å². The second-order valence-electron chi connectivity index (χ2n) is 5.82. The van der Waals surface area contributed by atoms with Crippen LogP contribution in [-0.4, -0.2) is 53.8 Å². The average molecular weight is 339 g/mol. The standard InChI is InChI=1S/C16H19ClN2O4/c1-5-12-13(11(4)17)16(14(21)19(12)6-7-20)8-18(9-16)15(22)23-10(2)3/h5,7,10H,1,4,6,8-9H2,2-3H3. The first kappa shape index (κ1) is 17.3. The molecule has 0 unspecified atom stereocenters. The lowest BCUT2D eigenvalue weighted by Gasteiger charge is -2.47. The zero-order chi connectivity index (χ0) is 17.4. The molecule has 0 bridgehead atoms. The van der Waals surface area contributed by atoms with Gasteiger partial charge in [0.05, 0.1) is 12.6 Å². The maximum Gasteiger partial charge on any atom is 0.410 e. The molecule has 0 saturated carbocycles. The Balaban J connectivity index is 2.32. The van der Waals surface area contributed by atoms with E-state index < -0.39 is 11.5 Å². The summed E-state index contributed by atoms with van der Waals surface area (Å²) in [6.07, 6.45) is 1.39. The molecular weight excluding hydrogens is 320 g/mol. The fourth-order valence-corrected chi connectivity index (χ4v) is 3.30. The molecule has 2 rings (SSSR count). The van der Waals surface area contributed by atoms with Crippen LogP contribution >= 0.6 is 11.6 Å². The lowest BCUT2D eigenvalue weighted by atomic mass is 9.73. The number of amides is 2. The number of nitrogens with zero attached hydrogens (tertiary/aromatic N) is 2. The molecule has 0 atom stereocenters. The van der Waals surface area contributed by atoms with Gasteiger partial charge in [0.1, 0.15) is 11.7 Å². The molecule has 2 aliphatic rings. The molecule has 0 N–H and O–H groups in total. The molecule has 0 aliphatic carbocycles. The van der Waals surface area contributed by atoms with E-state index in [4.69, 9.17) is 16.3 Å². The van der Waals surface area contributed by atoms with Crippen molar-refractivity contribution in [1.29, 1.82) is 0 Å². The number of carbonyl (C=O) groups excluding carboxylic acids is 3. The number of aldehydes is 1. The fourth-order valence-electron chi connectivity index (χ4n) is 3.03. The Kier molecular flexibility index (Phi) is 4.66. The van der Waals surface area contributed by atoms with Gasteiger partial charge in [0, 0.05) is 29.4 Å². The van der Waals surface area contributed by atoms with Crippen molar-refractivity contribution in [3.05, 3.63) is 35.5 Å². The van der Waals surface area contributed by atoms with Crippen molar-refractivity contribution >= 4 is 29.9 Å². The van der Waals surface area contributed by atoms with E-state index in [0.29, 0.717) is 17.6 Å². The number of halogens is 1. The van der Waals surface area contributed by atoms with Gasteiger partial charge in [-0.15, -0.1) is 0 Å². The van der Waals surface area contributed by atoms with Crippen molar-refractivity contribution in [1.82, 2.24) is 9.80 Å². The van der Waals surface area contributed by atoms with Gasteiger partial charge in [0.2, 0.25) is 5.91 Å². The van der Waals surface area contributed by atoms with E-state index in [2.05, 4.69) is 13.2 Å². The maximum atomic E-state index is 12.8. The Bertz CT molecular complexity index is 618. The molecule has 0 radical (unpaired) electrons. The third-order valence-corrected chi connectivity index (χ3v) is 4.11. The summed E-state index contributed by atoms with van der Waals surface area (Å²) in [5.74, 6) is -0.273. The SMILES string of the molecule is C=CC1=C(C(=C)Cl)C2(CN(C(=O)OC(C)C)C2)C(=O)N1CC=O. The minimum atomic E-state index is -0.971. The predicted molar refractivity (Wildman–Crippen MR) is 85.6 cm³/mol. The first-order valence-corrected chi connectivity index (χ1v) is 7.59. The minimum Gasteiger partial charge on any atom is -0.447 e. The summed E-state index contributed by atoms with van der Waals surface area (Å²) in [4.78, 5) is 38.3. The summed E-state index contributed by atoms with van der Waals surface area (Å²) < 4.78 is 5.13. The molecular formula is C16H19ClN2O4. The van der Waals surface area contributed by atoms with Crippen LogP contribution in [0.2, 0.25) is 0 Å². The highest BCUT2D eigenvalue weighted by Gasteiger charge is 2.60. The van der Waals surface area contributed by atoms with Gasteiger partial charge in [-0.05, 0) is 19.9 Å². The van der Waals surface area contributed by atoms with Gasteiger partial charge in [-0.3, -0.25) is 4.79 Å². The van der Waals surface area contributed by atoms with Crippen molar-refractivity contribution in [2.45, 2.75) is 20.0 Å². The summed E-state index contributed by atoms with van der Waals surface area (Å²) in [6.45, 7) is 11.1. The van der Waals surface area contributed by atoms with Crippen molar-refractivity contribution in [2.75, 3.05) is 19.6 Å². The maximum absolute atomic E-state index is 12.8. The lowest BCUT2D eigenvalue weighted by Crippen LogP contribution is -2.63. The molecule has 1 spiro atoms. The molecule has 7 heteroatoms. The van der Waals surface area contributed by atoms with E-state index in [-0.39, 0.29) is 36.7 Å². The number of ether oxygens (including phenoxy) is 1. The van der Waals surface area contributed by atoms with E-state index in [1.165, 1.54) is 15.9 Å². The number of hydrogen-bond acceptors (Lipinski definition) is 4. The largest absolute Gasteiger partial charge is 0.447 e. The molecule has 0 aromatic carbocycles. The first-order chi connectivity index (χ1) is 10.8. The number of allylic oxidation sites excluding steroid dienone is 2. The van der Waals surface area contributed by atoms with Crippen LogP contribution in [0.25, 0.3) is 0 Å². The zero-order valence-electron chi connectivity index (χ0n) is 13.2. The zero-order valence-corrected chi connectivity index (χ0v) is 13.9. The summed E-state index contributed by atoms with van der Waals surface area (Å²) in [6, 6.07) is 0. The Hall–Kier alpha value is -2.08. The van der Waals surface area contributed by atoms with Crippen molar-refractivity contribution in [3.8, 4) is 0 Å². The van der Waals surface area contributed by atoms with E-state index in [1.54, 1.807) is 13.8 Å². The third-order valence-electron chi connectivity index (χ3n) is 3.92. The topological polar surface area (TPSA) is 66.9 Å². The monoisotopic (exact) mass is 338 g/mol. The Morgan fingerprint density at radius 1 is 1.48 bits per heavy atom. The van der Waals surface area contributed by atoms with Gasteiger partial charge in [0.25, 0.3) is 0 Å². The molecule has 2 aliphatic heterocycles. The molecule has 2 heterocycles. The number of carbonyl (C=O) groups is 3. The van der Waals surface area contributed by atoms with Gasteiger partial charge < -0.3 is 19.3 Å². The van der Waals surface area contributed by atoms with Crippen LogP contribution in [0.1, 0.15) is 13.8 Å². The molecule has 0 aromatic rings. The molecule has 6 nitrogen and oxygen atoms in total. The minimum absolute atomic E-state index is 0.0912. The second-order valence-corrected chi connectivity index (χ2v) is 6.28. The van der Waals surface area contributed by atoms with Crippen LogP contribution in [0.4, 0.5) is 4.79 Å². The van der Waals surface area contributed by atoms with Gasteiger partial charge in [-0.2, -0.15) is 0 Å². The number of likely N-dealkylation sites (tertiary alicyclic amines) is 1. The normalized spacial score (nSPS) is 19.2. The van der Waals surface area contributed by atoms with Crippen LogP contribution < -0.4 is 0 Å². The third kappa shape index (κ3) is 2.67. The summed E-state index contributed by atoms with van der Waals surface area (Å²) in [7, 11) is 0. The highest BCUT2D eigenvalue weighted by Crippen LogP contribution is 2.50. The summed E-state index contributed by atoms with van der Waals surface area (Å²) >= 11 is 6.09. The molecule has 2 amide bonds. The van der Waals surface area contributed by atoms with E-state index in [0.717, 1.165) is 0 Å². The van der Waals surface area contributed by atoms with Gasteiger partial charge >= 0.3 is 6.09 Å². The van der Waals surface area contributed by atoms with Crippen molar-refractivity contribution in [3.63, 3.8) is 0 Å². The fraction of sp³-hybridized carbons (Fsp3) is 0.438. The number of rotatable bonds is 5. The quantitative estimate of drug-likeness (QED) is 0.720. The number of hydrogen-bond donors (Lipinski definition) is 0. The summed E-state index contributed by atoms with van der Waals surface area (Å²) in [5.41, 5.74) is 0.0232.